The predicted molar refractivity (Wildman–Crippen MR) is 51.2 cm³/mol. The summed E-state index contributed by atoms with van der Waals surface area (Å²) in [6.45, 7) is 5.44. The van der Waals surface area contributed by atoms with Gasteiger partial charge in [0.1, 0.15) is 5.82 Å². The lowest BCUT2D eigenvalue weighted by molar-refractivity contribution is 0.591. The van der Waals surface area contributed by atoms with Crippen molar-refractivity contribution in [2.45, 2.75) is 20.3 Å². The molecule has 1 aromatic rings. The minimum atomic E-state index is 0.715. The minimum Gasteiger partial charge on any atom is -0.368 e. The first-order valence-corrected chi connectivity index (χ1v) is 4.46. The van der Waals surface area contributed by atoms with Crippen LogP contribution >= 0.6 is 0 Å². The first-order chi connectivity index (χ1) is 5.72. The van der Waals surface area contributed by atoms with Crippen LogP contribution in [0.5, 0.6) is 0 Å². The van der Waals surface area contributed by atoms with Crippen LogP contribution in [0.25, 0.3) is 0 Å². The van der Waals surface area contributed by atoms with Gasteiger partial charge in [-0.25, -0.2) is 0 Å². The zero-order valence-electron chi connectivity index (χ0n) is 8.04. The van der Waals surface area contributed by atoms with Gasteiger partial charge in [0.05, 0.1) is 0 Å². The van der Waals surface area contributed by atoms with Crippen molar-refractivity contribution >= 4 is 5.82 Å². The normalized spacial score (nSPS) is 12.9. The van der Waals surface area contributed by atoms with Crippen LogP contribution in [0.15, 0.2) is 12.3 Å². The van der Waals surface area contributed by atoms with Crippen molar-refractivity contribution in [2.24, 2.45) is 13.0 Å². The summed E-state index contributed by atoms with van der Waals surface area (Å²) in [7, 11) is 1.93. The number of nitrogens with one attached hydrogen (secondary N) is 1. The van der Waals surface area contributed by atoms with E-state index in [4.69, 9.17) is 0 Å². The second kappa shape index (κ2) is 4.14. The first-order valence-electron chi connectivity index (χ1n) is 4.46. The number of rotatable bonds is 4. The van der Waals surface area contributed by atoms with E-state index in [0.717, 1.165) is 12.4 Å². The molecule has 3 heteroatoms. The molecule has 0 bridgehead atoms. The van der Waals surface area contributed by atoms with E-state index in [-0.39, 0.29) is 0 Å². The maximum atomic E-state index is 4.22. The number of aromatic nitrogens is 2. The van der Waals surface area contributed by atoms with Crippen LogP contribution in [-0.4, -0.2) is 16.3 Å². The van der Waals surface area contributed by atoms with E-state index in [1.165, 1.54) is 6.42 Å². The van der Waals surface area contributed by atoms with Crippen LogP contribution in [0.3, 0.4) is 0 Å². The van der Waals surface area contributed by atoms with E-state index in [1.807, 2.05) is 19.3 Å². The van der Waals surface area contributed by atoms with Crippen LogP contribution in [-0.2, 0) is 7.05 Å². The quantitative estimate of drug-likeness (QED) is 0.742. The van der Waals surface area contributed by atoms with Crippen LogP contribution < -0.4 is 5.32 Å². The van der Waals surface area contributed by atoms with Crippen molar-refractivity contribution in [3.8, 4) is 0 Å². The van der Waals surface area contributed by atoms with Gasteiger partial charge in [-0.15, -0.1) is 0 Å². The zero-order chi connectivity index (χ0) is 8.97. The Hall–Kier alpha value is -0.990. The van der Waals surface area contributed by atoms with E-state index in [9.17, 15) is 0 Å². The lowest BCUT2D eigenvalue weighted by atomic mass is 10.1. The summed E-state index contributed by atoms with van der Waals surface area (Å²) in [5, 5.41) is 7.51. The van der Waals surface area contributed by atoms with Crippen molar-refractivity contribution in [2.75, 3.05) is 11.9 Å². The largest absolute Gasteiger partial charge is 0.368 e. The number of aryl methyl sites for hydroxylation is 1. The molecule has 0 saturated carbocycles. The molecule has 0 aliphatic rings. The Morgan fingerprint density at radius 1 is 1.67 bits per heavy atom. The summed E-state index contributed by atoms with van der Waals surface area (Å²) < 4.78 is 1.80. The highest BCUT2D eigenvalue weighted by molar-refractivity contribution is 5.31. The van der Waals surface area contributed by atoms with E-state index >= 15 is 0 Å². The molecule has 1 N–H and O–H groups in total. The Morgan fingerprint density at radius 3 is 2.92 bits per heavy atom. The van der Waals surface area contributed by atoms with E-state index in [0.29, 0.717) is 5.92 Å². The fourth-order valence-electron chi connectivity index (χ4n) is 0.932. The van der Waals surface area contributed by atoms with Crippen molar-refractivity contribution in [1.82, 2.24) is 9.78 Å². The molecule has 0 aliphatic heterocycles. The average molecular weight is 167 g/mol. The molecule has 1 aromatic heterocycles. The fraction of sp³-hybridized carbons (Fsp3) is 0.667. The lowest BCUT2D eigenvalue weighted by Crippen LogP contribution is -2.10. The van der Waals surface area contributed by atoms with Gasteiger partial charge in [0.15, 0.2) is 0 Å². The standard InChI is InChI=1S/C9H17N3/c1-4-8(2)7-10-9-5-6-12(3)11-9/h5-6,8H,4,7H2,1-3H3,(H,10,11). The Bertz CT molecular complexity index is 229. The second-order valence-corrected chi connectivity index (χ2v) is 3.27. The summed E-state index contributed by atoms with van der Waals surface area (Å²) in [4.78, 5) is 0. The van der Waals surface area contributed by atoms with Crippen LogP contribution in [0.1, 0.15) is 20.3 Å². The Balaban J connectivity index is 2.33. The number of anilines is 1. The molecule has 1 atom stereocenters. The Kier molecular flexibility index (Phi) is 3.14. The monoisotopic (exact) mass is 167 g/mol. The van der Waals surface area contributed by atoms with Crippen molar-refractivity contribution in [3.05, 3.63) is 12.3 Å². The zero-order valence-corrected chi connectivity index (χ0v) is 8.04. The molecule has 1 unspecified atom stereocenters. The van der Waals surface area contributed by atoms with Gasteiger partial charge in [-0.05, 0) is 5.92 Å². The average Bonchev–Trinajstić information content (AvgIpc) is 2.47. The van der Waals surface area contributed by atoms with Gasteiger partial charge in [-0.1, -0.05) is 20.3 Å². The SMILES string of the molecule is CCC(C)CNc1ccn(C)n1. The summed E-state index contributed by atoms with van der Waals surface area (Å²) in [5.41, 5.74) is 0. The molecule has 68 valence electrons. The van der Waals surface area contributed by atoms with Crippen LogP contribution in [0, 0.1) is 5.92 Å². The van der Waals surface area contributed by atoms with Crippen LogP contribution in [0.2, 0.25) is 0 Å². The molecule has 0 spiro atoms. The Morgan fingerprint density at radius 2 is 2.42 bits per heavy atom. The molecule has 1 rings (SSSR count). The third-order valence-electron chi connectivity index (χ3n) is 2.04. The lowest BCUT2D eigenvalue weighted by Gasteiger charge is -2.08. The molecule has 3 nitrogen and oxygen atoms in total. The maximum absolute atomic E-state index is 4.22. The first kappa shape index (κ1) is 9.10. The molecular formula is C9H17N3. The minimum absolute atomic E-state index is 0.715. The summed E-state index contributed by atoms with van der Waals surface area (Å²) >= 11 is 0. The van der Waals surface area contributed by atoms with Gasteiger partial charge in [0.2, 0.25) is 0 Å². The fourth-order valence-corrected chi connectivity index (χ4v) is 0.932. The van der Waals surface area contributed by atoms with Gasteiger partial charge < -0.3 is 5.32 Å². The molecule has 0 aliphatic carbocycles. The molecule has 1 heterocycles. The van der Waals surface area contributed by atoms with Crippen molar-refractivity contribution < 1.29 is 0 Å². The third-order valence-corrected chi connectivity index (χ3v) is 2.04. The molecule has 0 saturated heterocycles. The highest BCUT2D eigenvalue weighted by Gasteiger charge is 1.99. The summed E-state index contributed by atoms with van der Waals surface area (Å²) in [6, 6.07) is 1.99. The van der Waals surface area contributed by atoms with Gasteiger partial charge in [-0.3, -0.25) is 4.68 Å². The third kappa shape index (κ3) is 2.57. The van der Waals surface area contributed by atoms with E-state index < -0.39 is 0 Å². The van der Waals surface area contributed by atoms with Crippen LogP contribution in [0.4, 0.5) is 5.82 Å². The second-order valence-electron chi connectivity index (χ2n) is 3.27. The van der Waals surface area contributed by atoms with Gasteiger partial charge in [-0.2, -0.15) is 5.10 Å². The summed E-state index contributed by atoms with van der Waals surface area (Å²) in [6.07, 6.45) is 3.15. The summed E-state index contributed by atoms with van der Waals surface area (Å²) in [5.74, 6) is 1.69. The molecule has 0 radical (unpaired) electrons. The molecule has 0 amide bonds. The molecule has 0 fully saturated rings. The van der Waals surface area contributed by atoms with Crippen molar-refractivity contribution in [1.29, 1.82) is 0 Å². The van der Waals surface area contributed by atoms with Gasteiger partial charge in [0, 0.05) is 25.9 Å². The number of hydrogen-bond acceptors (Lipinski definition) is 2. The van der Waals surface area contributed by atoms with Gasteiger partial charge >= 0.3 is 0 Å². The number of nitrogens with zero attached hydrogens (tertiary/aromatic N) is 2. The Labute approximate surface area is 73.8 Å². The smallest absolute Gasteiger partial charge is 0.147 e. The molecule has 0 aromatic carbocycles. The topological polar surface area (TPSA) is 29.9 Å². The van der Waals surface area contributed by atoms with E-state index in [2.05, 4.69) is 24.3 Å². The maximum Gasteiger partial charge on any atom is 0.147 e. The highest BCUT2D eigenvalue weighted by Crippen LogP contribution is 2.04. The van der Waals surface area contributed by atoms with Gasteiger partial charge in [0.25, 0.3) is 0 Å². The highest BCUT2D eigenvalue weighted by atomic mass is 15.3. The molecule has 12 heavy (non-hydrogen) atoms. The molecular weight excluding hydrogens is 150 g/mol. The predicted octanol–water partition coefficient (Wildman–Crippen LogP) is 1.88. The van der Waals surface area contributed by atoms with E-state index in [1.54, 1.807) is 4.68 Å². The van der Waals surface area contributed by atoms with Crippen molar-refractivity contribution in [3.63, 3.8) is 0 Å². The number of hydrogen-bond donors (Lipinski definition) is 1.